The summed E-state index contributed by atoms with van der Waals surface area (Å²) in [4.78, 5) is 26.3. The molecule has 2 bridgehead atoms. The van der Waals surface area contributed by atoms with Crippen molar-refractivity contribution >= 4 is 11.9 Å². The number of aliphatic carboxylic acids is 1. The molecule has 2 aliphatic carbocycles. The number of amides is 1. The van der Waals surface area contributed by atoms with Gasteiger partial charge < -0.3 is 10.0 Å². The minimum absolute atomic E-state index is 0.0612. The average Bonchev–Trinajstić information content (AvgIpc) is 2.96. The van der Waals surface area contributed by atoms with Crippen LogP contribution in [0.2, 0.25) is 0 Å². The van der Waals surface area contributed by atoms with Crippen LogP contribution in [0.3, 0.4) is 0 Å². The lowest BCUT2D eigenvalue weighted by molar-refractivity contribution is -0.152. The standard InChI is InChI=1S/C16H23NO3/c1-9-5-10(2)8-17(7-9)15(18)13-11-3-4-12(6-11)14(13)16(19)20/h3-4,9-14H,5-8H2,1-2H3,(H,19,20)/t9-,10-,11+,12-,13-,14+/m1/s1. The molecule has 1 saturated heterocycles. The molecule has 3 rings (SSSR count). The SMILES string of the molecule is C[C@@H]1C[C@@H](C)CN(C(=O)[C@H]2[C@@H](C(=O)O)[C@@H]3C=C[C@H]2C3)C1. The van der Waals surface area contributed by atoms with E-state index in [4.69, 9.17) is 0 Å². The molecule has 1 N–H and O–H groups in total. The molecule has 0 aromatic carbocycles. The molecule has 6 atom stereocenters. The average molecular weight is 277 g/mol. The molecule has 110 valence electrons. The lowest BCUT2D eigenvalue weighted by atomic mass is 9.81. The summed E-state index contributed by atoms with van der Waals surface area (Å²) in [5.41, 5.74) is 0. The van der Waals surface area contributed by atoms with E-state index in [2.05, 4.69) is 19.9 Å². The predicted molar refractivity (Wildman–Crippen MR) is 74.9 cm³/mol. The second-order valence-electron chi connectivity index (χ2n) is 7.03. The van der Waals surface area contributed by atoms with Gasteiger partial charge in [0.05, 0.1) is 11.8 Å². The first-order valence-electron chi connectivity index (χ1n) is 7.67. The summed E-state index contributed by atoms with van der Waals surface area (Å²) in [7, 11) is 0. The number of hydrogen-bond acceptors (Lipinski definition) is 2. The molecule has 1 amide bonds. The van der Waals surface area contributed by atoms with Crippen LogP contribution in [0.25, 0.3) is 0 Å². The van der Waals surface area contributed by atoms with Crippen molar-refractivity contribution < 1.29 is 14.7 Å². The van der Waals surface area contributed by atoms with E-state index in [9.17, 15) is 14.7 Å². The van der Waals surface area contributed by atoms with Gasteiger partial charge in [0.15, 0.2) is 0 Å². The topological polar surface area (TPSA) is 57.6 Å². The van der Waals surface area contributed by atoms with Crippen molar-refractivity contribution in [1.29, 1.82) is 0 Å². The number of likely N-dealkylation sites (tertiary alicyclic amines) is 1. The van der Waals surface area contributed by atoms with E-state index in [1.165, 1.54) is 0 Å². The maximum absolute atomic E-state index is 12.8. The predicted octanol–water partition coefficient (Wildman–Crippen LogP) is 2.01. The van der Waals surface area contributed by atoms with Crippen LogP contribution in [0.5, 0.6) is 0 Å². The Labute approximate surface area is 119 Å². The van der Waals surface area contributed by atoms with Gasteiger partial charge in [-0.25, -0.2) is 0 Å². The van der Waals surface area contributed by atoms with Crippen molar-refractivity contribution in [3.8, 4) is 0 Å². The Hall–Kier alpha value is -1.32. The van der Waals surface area contributed by atoms with Gasteiger partial charge in [-0.15, -0.1) is 0 Å². The van der Waals surface area contributed by atoms with Gasteiger partial charge in [0.2, 0.25) is 5.91 Å². The van der Waals surface area contributed by atoms with E-state index in [0.717, 1.165) is 25.9 Å². The van der Waals surface area contributed by atoms with Gasteiger partial charge in [-0.05, 0) is 36.5 Å². The van der Waals surface area contributed by atoms with E-state index < -0.39 is 11.9 Å². The molecule has 0 aromatic rings. The maximum atomic E-state index is 12.8. The Bertz CT molecular complexity index is 449. The Balaban J connectivity index is 1.79. The molecular weight excluding hydrogens is 254 g/mol. The minimum atomic E-state index is -0.807. The number of carboxylic acid groups (broad SMARTS) is 1. The number of hydrogen-bond donors (Lipinski definition) is 1. The molecule has 20 heavy (non-hydrogen) atoms. The van der Waals surface area contributed by atoms with E-state index >= 15 is 0 Å². The van der Waals surface area contributed by atoms with Crippen LogP contribution in [0.1, 0.15) is 26.7 Å². The fourth-order valence-electron chi connectivity index (χ4n) is 4.55. The second-order valence-corrected chi connectivity index (χ2v) is 7.03. The van der Waals surface area contributed by atoms with E-state index in [1.807, 2.05) is 11.0 Å². The summed E-state index contributed by atoms with van der Waals surface area (Å²) < 4.78 is 0. The van der Waals surface area contributed by atoms with Crippen LogP contribution < -0.4 is 0 Å². The summed E-state index contributed by atoms with van der Waals surface area (Å²) >= 11 is 0. The Morgan fingerprint density at radius 1 is 1.00 bits per heavy atom. The third-order valence-corrected chi connectivity index (χ3v) is 5.21. The molecule has 0 spiro atoms. The zero-order valence-corrected chi connectivity index (χ0v) is 12.2. The zero-order chi connectivity index (χ0) is 14.4. The van der Waals surface area contributed by atoms with Crippen LogP contribution in [0, 0.1) is 35.5 Å². The van der Waals surface area contributed by atoms with Crippen molar-refractivity contribution in [2.24, 2.45) is 35.5 Å². The fourth-order valence-corrected chi connectivity index (χ4v) is 4.55. The van der Waals surface area contributed by atoms with Gasteiger partial charge in [0.1, 0.15) is 0 Å². The van der Waals surface area contributed by atoms with Crippen molar-refractivity contribution in [1.82, 2.24) is 4.90 Å². The highest BCUT2D eigenvalue weighted by Crippen LogP contribution is 2.49. The molecule has 0 radical (unpaired) electrons. The summed E-state index contributed by atoms with van der Waals surface area (Å²) in [5.74, 6) is -0.344. The third kappa shape index (κ3) is 2.15. The number of piperidine rings is 1. The summed E-state index contributed by atoms with van der Waals surface area (Å²) in [6.45, 7) is 5.91. The van der Waals surface area contributed by atoms with Gasteiger partial charge in [0.25, 0.3) is 0 Å². The third-order valence-electron chi connectivity index (χ3n) is 5.21. The van der Waals surface area contributed by atoms with E-state index in [-0.39, 0.29) is 23.7 Å². The lowest BCUT2D eigenvalue weighted by Crippen LogP contribution is -2.48. The first-order chi connectivity index (χ1) is 9.47. The molecule has 2 fully saturated rings. The minimum Gasteiger partial charge on any atom is -0.481 e. The molecule has 1 saturated carbocycles. The first kappa shape index (κ1) is 13.7. The molecule has 3 aliphatic rings. The quantitative estimate of drug-likeness (QED) is 0.786. The van der Waals surface area contributed by atoms with Gasteiger partial charge in [-0.3, -0.25) is 9.59 Å². The maximum Gasteiger partial charge on any atom is 0.307 e. The van der Waals surface area contributed by atoms with Gasteiger partial charge >= 0.3 is 5.97 Å². The van der Waals surface area contributed by atoms with Crippen molar-refractivity contribution in [2.75, 3.05) is 13.1 Å². The largest absolute Gasteiger partial charge is 0.481 e. The summed E-state index contributed by atoms with van der Waals surface area (Å²) in [6, 6.07) is 0. The molecular formula is C16H23NO3. The number of allylic oxidation sites excluding steroid dienone is 2. The van der Waals surface area contributed by atoms with Crippen LogP contribution in [-0.2, 0) is 9.59 Å². The van der Waals surface area contributed by atoms with Crippen LogP contribution >= 0.6 is 0 Å². The molecule has 1 heterocycles. The van der Waals surface area contributed by atoms with Gasteiger partial charge in [-0.2, -0.15) is 0 Å². The molecule has 1 aliphatic heterocycles. The Kier molecular flexibility index (Phi) is 3.35. The van der Waals surface area contributed by atoms with Crippen LogP contribution in [-0.4, -0.2) is 35.0 Å². The molecule has 0 aromatic heterocycles. The monoisotopic (exact) mass is 277 g/mol. The number of carboxylic acids is 1. The number of rotatable bonds is 2. The van der Waals surface area contributed by atoms with E-state index in [0.29, 0.717) is 11.8 Å². The smallest absolute Gasteiger partial charge is 0.307 e. The van der Waals surface area contributed by atoms with E-state index in [1.54, 1.807) is 0 Å². The summed E-state index contributed by atoms with van der Waals surface area (Å²) in [6.07, 6.45) is 6.05. The molecule has 0 unspecified atom stereocenters. The van der Waals surface area contributed by atoms with Gasteiger partial charge in [-0.1, -0.05) is 26.0 Å². The van der Waals surface area contributed by atoms with Crippen molar-refractivity contribution in [3.05, 3.63) is 12.2 Å². The number of carbonyl (C=O) groups is 2. The second kappa shape index (κ2) is 4.90. The Morgan fingerprint density at radius 2 is 1.55 bits per heavy atom. The van der Waals surface area contributed by atoms with Crippen molar-refractivity contribution in [2.45, 2.75) is 26.7 Å². The normalized spacial score (nSPS) is 43.0. The molecule has 4 nitrogen and oxygen atoms in total. The molecule has 4 heteroatoms. The lowest BCUT2D eigenvalue weighted by Gasteiger charge is -2.38. The fraction of sp³-hybridized carbons (Fsp3) is 0.750. The number of fused-ring (bicyclic) bond motifs is 2. The Morgan fingerprint density at radius 3 is 2.10 bits per heavy atom. The highest BCUT2D eigenvalue weighted by molar-refractivity contribution is 5.87. The highest BCUT2D eigenvalue weighted by atomic mass is 16.4. The van der Waals surface area contributed by atoms with Crippen LogP contribution in [0.15, 0.2) is 12.2 Å². The first-order valence-corrected chi connectivity index (χ1v) is 7.67. The summed E-state index contributed by atoms with van der Waals surface area (Å²) in [5, 5.41) is 9.45. The number of carbonyl (C=O) groups excluding carboxylic acids is 1. The van der Waals surface area contributed by atoms with Crippen molar-refractivity contribution in [3.63, 3.8) is 0 Å². The number of nitrogens with zero attached hydrogens (tertiary/aromatic N) is 1. The van der Waals surface area contributed by atoms with Crippen LogP contribution in [0.4, 0.5) is 0 Å². The van der Waals surface area contributed by atoms with Gasteiger partial charge in [0, 0.05) is 13.1 Å². The zero-order valence-electron chi connectivity index (χ0n) is 12.2. The highest BCUT2D eigenvalue weighted by Gasteiger charge is 2.52.